The topological polar surface area (TPSA) is 110 Å². The third kappa shape index (κ3) is 8.79. The molecule has 218 valence electrons. The number of Topliss-reactive ketones (excluding diaryl/α,β-unsaturated/α-hetero) is 1. The maximum atomic E-state index is 13.1. The Morgan fingerprint density at radius 1 is 0.902 bits per heavy atom. The van der Waals surface area contributed by atoms with E-state index in [1.54, 1.807) is 13.8 Å². The molecule has 0 aliphatic heterocycles. The van der Waals surface area contributed by atoms with Crippen molar-refractivity contribution in [3.63, 3.8) is 0 Å². The van der Waals surface area contributed by atoms with Crippen LogP contribution in [-0.2, 0) is 19.1 Å². The van der Waals surface area contributed by atoms with Crippen LogP contribution in [0.25, 0.3) is 11.1 Å². The second-order valence-corrected chi connectivity index (χ2v) is 9.98. The molecule has 0 N–H and O–H groups in total. The van der Waals surface area contributed by atoms with Gasteiger partial charge in [0.05, 0.1) is 13.0 Å². The summed E-state index contributed by atoms with van der Waals surface area (Å²) in [5.41, 5.74) is 2.05. The van der Waals surface area contributed by atoms with Gasteiger partial charge < -0.3 is 23.7 Å². The van der Waals surface area contributed by atoms with Gasteiger partial charge in [0.1, 0.15) is 18.0 Å². The average molecular weight is 564 g/mol. The minimum Gasteiger partial charge on any atom is -0.493 e. The Morgan fingerprint density at radius 2 is 1.61 bits per heavy atom. The summed E-state index contributed by atoms with van der Waals surface area (Å²) in [7, 11) is 1.41. The Morgan fingerprint density at radius 3 is 2.27 bits per heavy atom. The van der Waals surface area contributed by atoms with E-state index in [0.717, 1.165) is 11.1 Å². The van der Waals surface area contributed by atoms with E-state index in [9.17, 15) is 14.4 Å². The maximum absolute atomic E-state index is 13.1. The lowest BCUT2D eigenvalue weighted by Gasteiger charge is -2.29. The Labute approximate surface area is 240 Å². The van der Waals surface area contributed by atoms with Crippen LogP contribution in [0.3, 0.4) is 0 Å². The second kappa shape index (κ2) is 14.8. The van der Waals surface area contributed by atoms with Gasteiger partial charge in [-0.05, 0) is 36.1 Å². The number of hydrogen-bond donors (Lipinski definition) is 0. The van der Waals surface area contributed by atoms with Crippen molar-refractivity contribution in [2.24, 2.45) is 11.8 Å². The van der Waals surface area contributed by atoms with E-state index in [4.69, 9.17) is 23.7 Å². The monoisotopic (exact) mass is 563 g/mol. The van der Waals surface area contributed by atoms with Crippen molar-refractivity contribution in [1.82, 2.24) is 4.98 Å². The fourth-order valence-corrected chi connectivity index (χ4v) is 4.24. The van der Waals surface area contributed by atoms with Gasteiger partial charge in [0.2, 0.25) is 6.79 Å². The summed E-state index contributed by atoms with van der Waals surface area (Å²) < 4.78 is 27.6. The molecule has 0 aliphatic rings. The highest BCUT2D eigenvalue weighted by Crippen LogP contribution is 2.31. The zero-order chi connectivity index (χ0) is 29.9. The van der Waals surface area contributed by atoms with Gasteiger partial charge >= 0.3 is 11.9 Å². The highest BCUT2D eigenvalue weighted by molar-refractivity contribution is 5.99. The number of carbonyl (C=O) groups excluding carboxylic acids is 3. The molecular formula is C32H37NO8. The quantitative estimate of drug-likeness (QED) is 0.134. The van der Waals surface area contributed by atoms with Crippen LogP contribution in [0.15, 0.2) is 66.9 Å². The number of esters is 2. The molecule has 0 unspecified atom stereocenters. The van der Waals surface area contributed by atoms with Gasteiger partial charge in [-0.3, -0.25) is 14.4 Å². The van der Waals surface area contributed by atoms with E-state index in [0.29, 0.717) is 5.75 Å². The number of ether oxygens (including phenoxy) is 5. The summed E-state index contributed by atoms with van der Waals surface area (Å²) in [6.45, 7) is 8.20. The van der Waals surface area contributed by atoms with Gasteiger partial charge in [0.25, 0.3) is 0 Å². The van der Waals surface area contributed by atoms with Crippen molar-refractivity contribution in [2.45, 2.75) is 53.2 Å². The molecule has 0 spiro atoms. The van der Waals surface area contributed by atoms with Gasteiger partial charge in [-0.15, -0.1) is 0 Å². The van der Waals surface area contributed by atoms with E-state index < -0.39 is 42.6 Å². The first-order valence-corrected chi connectivity index (χ1v) is 13.5. The molecule has 41 heavy (non-hydrogen) atoms. The normalized spacial score (nSPS) is 13.0. The maximum Gasteiger partial charge on any atom is 0.309 e. The molecule has 3 rings (SSSR count). The summed E-state index contributed by atoms with van der Waals surface area (Å²) >= 11 is 0. The van der Waals surface area contributed by atoms with E-state index in [-0.39, 0.29) is 29.5 Å². The van der Waals surface area contributed by atoms with Crippen LogP contribution in [0.1, 0.15) is 51.5 Å². The van der Waals surface area contributed by atoms with Crippen LogP contribution in [-0.4, -0.2) is 48.8 Å². The molecule has 0 fully saturated rings. The van der Waals surface area contributed by atoms with Gasteiger partial charge in [0.15, 0.2) is 23.0 Å². The smallest absolute Gasteiger partial charge is 0.309 e. The molecule has 0 radical (unpaired) electrons. The molecule has 0 aliphatic carbocycles. The summed E-state index contributed by atoms with van der Waals surface area (Å²) in [5, 5.41) is 0. The minimum absolute atomic E-state index is 0.0289. The summed E-state index contributed by atoms with van der Waals surface area (Å²) in [5.74, 6) is -1.33. The molecule has 9 nitrogen and oxygen atoms in total. The summed E-state index contributed by atoms with van der Waals surface area (Å²) in [6.07, 6.45) is 0.210. The Balaban J connectivity index is 1.66. The van der Waals surface area contributed by atoms with Gasteiger partial charge in [0, 0.05) is 25.6 Å². The number of hydrogen-bond acceptors (Lipinski definition) is 9. The Bertz CT molecular complexity index is 1320. The first kappa shape index (κ1) is 31.1. The summed E-state index contributed by atoms with van der Waals surface area (Å²) in [6, 6.07) is 19.3. The lowest BCUT2D eigenvalue weighted by molar-refractivity contribution is -0.158. The van der Waals surface area contributed by atoms with E-state index in [1.807, 2.05) is 68.4 Å². The number of carbonyl (C=O) groups is 3. The predicted molar refractivity (Wildman–Crippen MR) is 153 cm³/mol. The van der Waals surface area contributed by atoms with Crippen molar-refractivity contribution in [1.29, 1.82) is 0 Å². The largest absolute Gasteiger partial charge is 0.493 e. The van der Waals surface area contributed by atoms with Gasteiger partial charge in [-0.1, -0.05) is 63.2 Å². The molecule has 0 bridgehead atoms. The average Bonchev–Trinajstić information content (AvgIpc) is 2.96. The highest BCUT2D eigenvalue weighted by atomic mass is 16.7. The molecule has 3 aromatic rings. The lowest BCUT2D eigenvalue weighted by Crippen LogP contribution is -2.38. The van der Waals surface area contributed by atoms with E-state index >= 15 is 0 Å². The molecule has 2 aromatic carbocycles. The third-order valence-electron chi connectivity index (χ3n) is 6.35. The molecule has 0 amide bonds. The standard InChI is InChI=1S/C32H37NO8/c1-20(2)30(41-26-14-10-13-25(18-26)24-11-8-7-9-12-24)22(4)40-32(36)21(3)17-27(35)29-31(39-19-38-23(5)34)28(37-6)15-16-33-29/h7-16,18,20-22,30H,17,19H2,1-6H3/t21-,22+,30-/m1/s1. The van der Waals surface area contributed by atoms with Crippen LogP contribution in [0.2, 0.25) is 0 Å². The first-order chi connectivity index (χ1) is 19.6. The van der Waals surface area contributed by atoms with Crippen LogP contribution in [0, 0.1) is 11.8 Å². The molecule has 9 heteroatoms. The number of aromatic nitrogens is 1. The van der Waals surface area contributed by atoms with E-state index in [1.165, 1.54) is 26.3 Å². The minimum atomic E-state index is -0.770. The van der Waals surface area contributed by atoms with Gasteiger partial charge in [-0.2, -0.15) is 0 Å². The van der Waals surface area contributed by atoms with Gasteiger partial charge in [-0.25, -0.2) is 4.98 Å². The predicted octanol–water partition coefficient (Wildman–Crippen LogP) is 5.90. The van der Waals surface area contributed by atoms with Crippen molar-refractivity contribution in [3.05, 3.63) is 72.6 Å². The number of nitrogens with zero attached hydrogens (tertiary/aromatic N) is 1. The fourth-order valence-electron chi connectivity index (χ4n) is 4.24. The number of pyridine rings is 1. The molecule has 0 saturated carbocycles. The number of benzene rings is 2. The molecule has 0 saturated heterocycles. The molecule has 1 heterocycles. The van der Waals surface area contributed by atoms with Crippen LogP contribution in [0.4, 0.5) is 0 Å². The van der Waals surface area contributed by atoms with Crippen molar-refractivity contribution < 1.29 is 38.1 Å². The first-order valence-electron chi connectivity index (χ1n) is 13.5. The van der Waals surface area contributed by atoms with Crippen LogP contribution < -0.4 is 14.2 Å². The molecule has 3 atom stereocenters. The van der Waals surface area contributed by atoms with Crippen molar-refractivity contribution in [2.75, 3.05) is 13.9 Å². The summed E-state index contributed by atoms with van der Waals surface area (Å²) in [4.78, 5) is 41.4. The third-order valence-corrected chi connectivity index (χ3v) is 6.35. The number of methoxy groups -OCH3 is 1. The lowest BCUT2D eigenvalue weighted by atomic mass is 10.0. The van der Waals surface area contributed by atoms with Crippen LogP contribution >= 0.6 is 0 Å². The number of rotatable bonds is 14. The Kier molecular flexibility index (Phi) is 11.3. The Hall–Kier alpha value is -4.40. The second-order valence-electron chi connectivity index (χ2n) is 9.98. The zero-order valence-corrected chi connectivity index (χ0v) is 24.3. The number of ketones is 1. The molecular weight excluding hydrogens is 526 g/mol. The highest BCUT2D eigenvalue weighted by Gasteiger charge is 2.30. The van der Waals surface area contributed by atoms with Crippen molar-refractivity contribution in [3.8, 4) is 28.4 Å². The van der Waals surface area contributed by atoms with Crippen molar-refractivity contribution >= 4 is 17.7 Å². The fraction of sp³-hybridized carbons (Fsp3) is 0.375. The zero-order valence-electron chi connectivity index (χ0n) is 24.3. The van der Waals surface area contributed by atoms with Crippen LogP contribution in [0.5, 0.6) is 17.2 Å². The van der Waals surface area contributed by atoms with E-state index in [2.05, 4.69) is 4.98 Å². The molecule has 1 aromatic heterocycles. The SMILES string of the molecule is COc1ccnc(C(=O)C[C@@H](C)C(=O)O[C@@H](C)[C@H](Oc2cccc(-c3ccccc3)c2)C(C)C)c1OCOC(C)=O.